The molecule has 7 nitrogen and oxygen atoms in total. The second kappa shape index (κ2) is 8.98. The van der Waals surface area contributed by atoms with Crippen LogP contribution in [0.2, 0.25) is 0 Å². The molecule has 0 amide bonds. The van der Waals surface area contributed by atoms with Crippen LogP contribution >= 0.6 is 11.3 Å². The molecule has 0 aliphatic rings. The Hall–Kier alpha value is -3.70. The molecule has 0 aliphatic heterocycles. The molecule has 0 saturated carbocycles. The summed E-state index contributed by atoms with van der Waals surface area (Å²) in [6.07, 6.45) is 5.94. The number of rotatable bonds is 6. The molecule has 0 spiro atoms. The van der Waals surface area contributed by atoms with Crippen LogP contribution in [0.25, 0.3) is 10.2 Å². The Morgan fingerprint density at radius 1 is 1.19 bits per heavy atom. The van der Waals surface area contributed by atoms with Gasteiger partial charge in [0.05, 0.1) is 27.8 Å². The minimum atomic E-state index is -0.616. The van der Waals surface area contributed by atoms with Gasteiger partial charge in [-0.15, -0.1) is 11.3 Å². The van der Waals surface area contributed by atoms with Crippen molar-refractivity contribution in [2.75, 3.05) is 0 Å². The Morgan fingerprint density at radius 2 is 2.03 bits per heavy atom. The molecule has 0 bridgehead atoms. The van der Waals surface area contributed by atoms with Gasteiger partial charge >= 0.3 is 6.01 Å². The van der Waals surface area contributed by atoms with Crippen LogP contribution < -0.4 is 4.74 Å². The molecule has 3 heterocycles. The molecule has 31 heavy (non-hydrogen) atoms. The van der Waals surface area contributed by atoms with Gasteiger partial charge in [-0.2, -0.15) is 10.2 Å². The van der Waals surface area contributed by atoms with Gasteiger partial charge in [0.2, 0.25) is 0 Å². The number of ether oxygens (including phenoxy) is 1. The zero-order chi connectivity index (χ0) is 21.8. The maximum Gasteiger partial charge on any atom is 0.322 e. The van der Waals surface area contributed by atoms with Crippen LogP contribution in [0.3, 0.4) is 0 Å². The summed E-state index contributed by atoms with van der Waals surface area (Å²) < 4.78 is 6.89. The highest BCUT2D eigenvalue weighted by Crippen LogP contribution is 2.32. The lowest BCUT2D eigenvalue weighted by atomic mass is 10.1. The van der Waals surface area contributed by atoms with Crippen molar-refractivity contribution in [3.05, 3.63) is 64.7 Å². The Labute approximate surface area is 184 Å². The Morgan fingerprint density at radius 3 is 2.77 bits per heavy atom. The molecule has 0 N–H and O–H groups in total. The first-order valence-electron chi connectivity index (χ1n) is 9.87. The molecule has 1 aromatic carbocycles. The summed E-state index contributed by atoms with van der Waals surface area (Å²) in [6, 6.07) is 11.8. The van der Waals surface area contributed by atoms with Crippen LogP contribution in [0, 0.1) is 18.3 Å². The van der Waals surface area contributed by atoms with E-state index < -0.39 is 5.92 Å². The molecule has 4 aromatic rings. The van der Waals surface area contributed by atoms with Gasteiger partial charge < -0.3 is 4.74 Å². The van der Waals surface area contributed by atoms with Gasteiger partial charge in [-0.3, -0.25) is 9.98 Å². The first-order chi connectivity index (χ1) is 15.1. The SMILES string of the molecule is CC=Nc1ccc(Oc2nccc(C(C#N)c3nc4c(C)nccc4s3)n2)cc1CC. The van der Waals surface area contributed by atoms with Crippen LogP contribution in [-0.2, 0) is 6.42 Å². The van der Waals surface area contributed by atoms with Gasteiger partial charge in [-0.1, -0.05) is 6.92 Å². The number of hydrogen-bond donors (Lipinski definition) is 0. The largest absolute Gasteiger partial charge is 0.424 e. The zero-order valence-electron chi connectivity index (χ0n) is 17.4. The third-order valence-corrected chi connectivity index (χ3v) is 5.83. The smallest absolute Gasteiger partial charge is 0.322 e. The molecule has 0 fully saturated rings. The second-order valence-electron chi connectivity index (χ2n) is 6.75. The molecule has 154 valence electrons. The van der Waals surface area contributed by atoms with E-state index in [2.05, 4.69) is 37.9 Å². The number of aliphatic imine (C=N–C) groups is 1. The number of benzene rings is 1. The highest BCUT2D eigenvalue weighted by Gasteiger charge is 2.21. The van der Waals surface area contributed by atoms with Crippen molar-refractivity contribution in [2.45, 2.75) is 33.1 Å². The summed E-state index contributed by atoms with van der Waals surface area (Å²) in [5, 5.41) is 10.5. The molecular weight excluding hydrogens is 408 g/mol. The third kappa shape index (κ3) is 4.27. The number of aromatic nitrogens is 4. The van der Waals surface area contributed by atoms with Crippen LogP contribution in [0.15, 0.2) is 47.7 Å². The maximum absolute atomic E-state index is 9.84. The topological polar surface area (TPSA) is 96.9 Å². The summed E-state index contributed by atoms with van der Waals surface area (Å²) in [5.41, 5.74) is 4.18. The number of nitriles is 1. The molecule has 8 heteroatoms. The number of nitrogens with zero attached hydrogens (tertiary/aromatic N) is 6. The normalized spacial score (nSPS) is 12.2. The average molecular weight is 429 g/mol. The van der Waals surface area contributed by atoms with Crippen molar-refractivity contribution in [2.24, 2.45) is 4.99 Å². The molecule has 1 unspecified atom stereocenters. The summed E-state index contributed by atoms with van der Waals surface area (Å²) >= 11 is 1.47. The highest BCUT2D eigenvalue weighted by molar-refractivity contribution is 7.18. The summed E-state index contributed by atoms with van der Waals surface area (Å²) in [5.74, 6) is 0.00821. The lowest BCUT2D eigenvalue weighted by Gasteiger charge is -2.10. The summed E-state index contributed by atoms with van der Waals surface area (Å²) in [6.45, 7) is 5.86. The average Bonchev–Trinajstić information content (AvgIpc) is 3.21. The maximum atomic E-state index is 9.84. The number of fused-ring (bicyclic) bond motifs is 1. The van der Waals surface area contributed by atoms with E-state index >= 15 is 0 Å². The van der Waals surface area contributed by atoms with Crippen molar-refractivity contribution in [1.29, 1.82) is 5.26 Å². The first kappa shape index (κ1) is 20.6. The molecule has 1 atom stereocenters. The quantitative estimate of drug-likeness (QED) is 0.375. The van der Waals surface area contributed by atoms with Crippen molar-refractivity contribution in [3.63, 3.8) is 0 Å². The minimum absolute atomic E-state index is 0.186. The standard InChI is InChI=1S/C23H20N6OS/c1-4-15-12-16(6-7-18(15)25-5-2)30-23-27-10-8-19(28-23)17(13-24)22-29-21-14(3)26-11-9-20(21)31-22/h5-12,17H,4H2,1-3H3. The van der Waals surface area contributed by atoms with E-state index in [1.807, 2.05) is 38.1 Å². The predicted octanol–water partition coefficient (Wildman–Crippen LogP) is 5.52. The lowest BCUT2D eigenvalue weighted by molar-refractivity contribution is 0.439. The number of thiazole rings is 1. The van der Waals surface area contributed by atoms with E-state index in [1.165, 1.54) is 11.3 Å². The van der Waals surface area contributed by atoms with E-state index in [0.29, 0.717) is 16.5 Å². The van der Waals surface area contributed by atoms with Gasteiger partial charge in [0.15, 0.2) is 0 Å². The Bertz CT molecular complexity index is 1310. The van der Waals surface area contributed by atoms with Gasteiger partial charge in [-0.05, 0) is 56.2 Å². The third-order valence-electron chi connectivity index (χ3n) is 4.74. The molecule has 0 aliphatic carbocycles. The predicted molar refractivity (Wildman–Crippen MR) is 121 cm³/mol. The van der Waals surface area contributed by atoms with E-state index in [9.17, 15) is 5.26 Å². The fourth-order valence-corrected chi connectivity index (χ4v) is 4.29. The van der Waals surface area contributed by atoms with Gasteiger partial charge in [-0.25, -0.2) is 9.97 Å². The molecule has 0 saturated heterocycles. The first-order valence-corrected chi connectivity index (χ1v) is 10.7. The Balaban J connectivity index is 1.64. The van der Waals surface area contributed by atoms with E-state index in [0.717, 1.165) is 33.6 Å². The van der Waals surface area contributed by atoms with Crippen LogP contribution in [0.4, 0.5) is 5.69 Å². The monoisotopic (exact) mass is 428 g/mol. The Kier molecular flexibility index (Phi) is 5.96. The molecule has 4 rings (SSSR count). The summed E-state index contributed by atoms with van der Waals surface area (Å²) in [7, 11) is 0. The zero-order valence-corrected chi connectivity index (χ0v) is 18.2. The van der Waals surface area contributed by atoms with Crippen LogP contribution in [-0.4, -0.2) is 26.2 Å². The minimum Gasteiger partial charge on any atom is -0.424 e. The van der Waals surface area contributed by atoms with Gasteiger partial charge in [0, 0.05) is 18.6 Å². The van der Waals surface area contributed by atoms with Crippen molar-refractivity contribution in [3.8, 4) is 17.8 Å². The lowest BCUT2D eigenvalue weighted by Crippen LogP contribution is -2.03. The summed E-state index contributed by atoms with van der Waals surface area (Å²) in [4.78, 5) is 22.0. The van der Waals surface area contributed by atoms with E-state index in [-0.39, 0.29) is 6.01 Å². The van der Waals surface area contributed by atoms with Gasteiger partial charge in [0.1, 0.15) is 22.2 Å². The molecule has 0 radical (unpaired) electrons. The second-order valence-corrected chi connectivity index (χ2v) is 7.82. The molecule has 3 aromatic heterocycles. The van der Waals surface area contributed by atoms with Crippen LogP contribution in [0.1, 0.15) is 41.7 Å². The highest BCUT2D eigenvalue weighted by atomic mass is 32.1. The molecular formula is C23H20N6OS. The fraction of sp³-hybridized carbons (Fsp3) is 0.217. The van der Waals surface area contributed by atoms with Crippen molar-refractivity contribution in [1.82, 2.24) is 19.9 Å². The van der Waals surface area contributed by atoms with E-state index in [4.69, 9.17) is 4.74 Å². The van der Waals surface area contributed by atoms with Gasteiger partial charge in [0.25, 0.3) is 0 Å². The van der Waals surface area contributed by atoms with Crippen molar-refractivity contribution < 1.29 is 4.74 Å². The number of hydrogen-bond acceptors (Lipinski definition) is 8. The number of aryl methyl sites for hydroxylation is 2. The fourth-order valence-electron chi connectivity index (χ4n) is 3.21. The van der Waals surface area contributed by atoms with Crippen molar-refractivity contribution >= 4 is 33.5 Å². The van der Waals surface area contributed by atoms with E-state index in [1.54, 1.807) is 24.7 Å². The number of pyridine rings is 1. The van der Waals surface area contributed by atoms with Crippen LogP contribution in [0.5, 0.6) is 11.8 Å².